The Hall–Kier alpha value is -3.16. The minimum Gasteiger partial charge on any atom is -0.493 e. The van der Waals surface area contributed by atoms with E-state index in [0.29, 0.717) is 5.75 Å². The number of hydrogen-bond acceptors (Lipinski definition) is 5. The molecule has 0 saturated carbocycles. The van der Waals surface area contributed by atoms with Crippen molar-refractivity contribution in [2.45, 2.75) is 0 Å². The Morgan fingerprint density at radius 1 is 1.33 bits per heavy atom. The van der Waals surface area contributed by atoms with Crippen LogP contribution >= 0.6 is 0 Å². The number of aromatic nitrogens is 5. The number of nitrogens with zero attached hydrogens (tertiary/aromatic N) is 4. The highest BCUT2D eigenvalue weighted by molar-refractivity contribution is 6.03. The van der Waals surface area contributed by atoms with Gasteiger partial charge in [0.05, 0.1) is 19.0 Å². The van der Waals surface area contributed by atoms with Crippen molar-refractivity contribution < 1.29 is 9.53 Å². The monoisotopic (exact) mass is 284 g/mol. The lowest BCUT2D eigenvalue weighted by atomic mass is 10.3. The largest absolute Gasteiger partial charge is 0.493 e. The summed E-state index contributed by atoms with van der Waals surface area (Å²) in [6, 6.07) is 9.44. The quantitative estimate of drug-likeness (QED) is 0.751. The van der Waals surface area contributed by atoms with Crippen molar-refractivity contribution in [3.63, 3.8) is 0 Å². The summed E-state index contributed by atoms with van der Waals surface area (Å²) in [7, 11) is 1.48. The van der Waals surface area contributed by atoms with Crippen LogP contribution in [0, 0.1) is 0 Å². The number of para-hydroxylation sites is 1. The highest BCUT2D eigenvalue weighted by atomic mass is 16.5. The number of anilines is 1. The third-order valence-corrected chi connectivity index (χ3v) is 2.78. The summed E-state index contributed by atoms with van der Waals surface area (Å²) in [4.78, 5) is 16.0. The topological polar surface area (TPSA) is 97.7 Å². The number of rotatable bonds is 4. The molecule has 2 heterocycles. The number of carbonyl (C=O) groups excluding carboxylic acids is 1. The molecule has 0 aliphatic heterocycles. The number of ether oxygens (including phenoxy) is 1. The van der Waals surface area contributed by atoms with E-state index in [9.17, 15) is 4.79 Å². The second-order valence-corrected chi connectivity index (χ2v) is 4.11. The lowest BCUT2D eigenvalue weighted by Crippen LogP contribution is -2.15. The first-order valence-corrected chi connectivity index (χ1v) is 6.13. The molecule has 8 heteroatoms. The number of H-pyrrole nitrogens is 1. The van der Waals surface area contributed by atoms with Crippen molar-refractivity contribution in [2.24, 2.45) is 0 Å². The summed E-state index contributed by atoms with van der Waals surface area (Å²) in [5, 5.41) is 13.0. The Morgan fingerprint density at radius 3 is 2.81 bits per heavy atom. The smallest absolute Gasteiger partial charge is 0.282 e. The number of carbonyl (C=O) groups is 1. The van der Waals surface area contributed by atoms with Crippen LogP contribution in [0.3, 0.4) is 0 Å². The van der Waals surface area contributed by atoms with Gasteiger partial charge in [-0.15, -0.1) is 0 Å². The van der Waals surface area contributed by atoms with Gasteiger partial charge in [-0.05, 0) is 12.1 Å². The average Bonchev–Trinajstić information content (AvgIpc) is 3.17. The van der Waals surface area contributed by atoms with Crippen LogP contribution in [0.2, 0.25) is 0 Å². The molecular formula is C13H12N6O2. The van der Waals surface area contributed by atoms with Gasteiger partial charge < -0.3 is 4.74 Å². The molecule has 1 aromatic carbocycles. The van der Waals surface area contributed by atoms with Crippen molar-refractivity contribution in [2.75, 3.05) is 12.4 Å². The number of aromatic amines is 1. The van der Waals surface area contributed by atoms with Crippen molar-refractivity contribution >= 4 is 11.9 Å². The van der Waals surface area contributed by atoms with Gasteiger partial charge in [0.15, 0.2) is 11.4 Å². The summed E-state index contributed by atoms with van der Waals surface area (Å²) >= 11 is 0. The van der Waals surface area contributed by atoms with Crippen LogP contribution in [-0.4, -0.2) is 38.0 Å². The molecule has 21 heavy (non-hydrogen) atoms. The first-order chi connectivity index (χ1) is 10.3. The van der Waals surface area contributed by atoms with E-state index in [1.807, 2.05) is 30.3 Å². The Bertz CT molecular complexity index is 735. The molecule has 0 aliphatic rings. The molecule has 3 rings (SSSR count). The van der Waals surface area contributed by atoms with Crippen molar-refractivity contribution in [3.8, 4) is 11.4 Å². The lowest BCUT2D eigenvalue weighted by molar-refractivity contribution is 0.101. The van der Waals surface area contributed by atoms with Gasteiger partial charge in [0.1, 0.15) is 6.33 Å². The molecule has 0 saturated heterocycles. The van der Waals surface area contributed by atoms with Gasteiger partial charge in [0, 0.05) is 0 Å². The maximum absolute atomic E-state index is 12.2. The SMILES string of the molecule is COc1cn(-c2ccccc2)nc1C(=O)Nc1ncn[nH]1. The van der Waals surface area contributed by atoms with Crippen LogP contribution in [0.4, 0.5) is 5.95 Å². The van der Waals surface area contributed by atoms with E-state index in [0.717, 1.165) is 5.69 Å². The fraction of sp³-hybridized carbons (Fsp3) is 0.0769. The van der Waals surface area contributed by atoms with Gasteiger partial charge in [0.25, 0.3) is 5.91 Å². The fourth-order valence-electron chi connectivity index (χ4n) is 1.81. The molecule has 2 N–H and O–H groups in total. The summed E-state index contributed by atoms with van der Waals surface area (Å²) in [5.74, 6) is 0.186. The third-order valence-electron chi connectivity index (χ3n) is 2.78. The van der Waals surface area contributed by atoms with E-state index in [4.69, 9.17) is 4.74 Å². The molecule has 0 bridgehead atoms. The molecule has 0 fully saturated rings. The predicted octanol–water partition coefficient (Wildman–Crippen LogP) is 1.25. The molecule has 0 radical (unpaired) electrons. The minimum atomic E-state index is -0.432. The number of amides is 1. The third kappa shape index (κ3) is 2.59. The molecular weight excluding hydrogens is 272 g/mol. The van der Waals surface area contributed by atoms with Gasteiger partial charge in [0.2, 0.25) is 5.95 Å². The van der Waals surface area contributed by atoms with Crippen LogP contribution in [0.1, 0.15) is 10.5 Å². The highest BCUT2D eigenvalue weighted by Gasteiger charge is 2.19. The minimum absolute atomic E-state index is 0.165. The summed E-state index contributed by atoms with van der Waals surface area (Å²) < 4.78 is 6.77. The number of nitrogens with one attached hydrogen (secondary N) is 2. The molecule has 0 atom stereocenters. The Morgan fingerprint density at radius 2 is 2.14 bits per heavy atom. The van der Waals surface area contributed by atoms with Crippen molar-refractivity contribution in [3.05, 3.63) is 48.5 Å². The van der Waals surface area contributed by atoms with E-state index in [-0.39, 0.29) is 11.6 Å². The van der Waals surface area contributed by atoms with Crippen LogP contribution in [0.5, 0.6) is 5.75 Å². The predicted molar refractivity (Wildman–Crippen MR) is 74.5 cm³/mol. The van der Waals surface area contributed by atoms with E-state index in [2.05, 4.69) is 25.6 Å². The molecule has 0 spiro atoms. The van der Waals surface area contributed by atoms with Crippen LogP contribution in [0.15, 0.2) is 42.9 Å². The van der Waals surface area contributed by atoms with E-state index in [1.54, 1.807) is 10.9 Å². The number of hydrogen-bond donors (Lipinski definition) is 2. The van der Waals surface area contributed by atoms with Gasteiger partial charge in [-0.2, -0.15) is 15.2 Å². The molecule has 1 amide bonds. The molecule has 3 aromatic rings. The Labute approximate surface area is 119 Å². The highest BCUT2D eigenvalue weighted by Crippen LogP contribution is 2.20. The zero-order valence-electron chi connectivity index (χ0n) is 11.1. The molecule has 0 unspecified atom stereocenters. The zero-order valence-corrected chi connectivity index (χ0v) is 11.1. The first-order valence-electron chi connectivity index (χ1n) is 6.13. The maximum Gasteiger partial charge on any atom is 0.282 e. The average molecular weight is 284 g/mol. The fourth-order valence-corrected chi connectivity index (χ4v) is 1.81. The normalized spacial score (nSPS) is 10.3. The van der Waals surface area contributed by atoms with Gasteiger partial charge >= 0.3 is 0 Å². The lowest BCUT2D eigenvalue weighted by Gasteiger charge is -2.00. The standard InChI is InChI=1S/C13H12N6O2/c1-21-10-7-19(9-5-3-2-4-6-9)18-11(10)12(20)16-13-14-8-15-17-13/h2-8H,1H3,(H2,14,15,16,17,20). The first kappa shape index (κ1) is 12.9. The summed E-state index contributed by atoms with van der Waals surface area (Å²) in [5.41, 5.74) is 0.993. The molecule has 2 aromatic heterocycles. The summed E-state index contributed by atoms with van der Waals surface area (Å²) in [6.07, 6.45) is 2.94. The second-order valence-electron chi connectivity index (χ2n) is 4.11. The number of benzene rings is 1. The Balaban J connectivity index is 1.91. The van der Waals surface area contributed by atoms with Gasteiger partial charge in [-0.1, -0.05) is 18.2 Å². The van der Waals surface area contributed by atoms with Gasteiger partial charge in [-0.25, -0.2) is 9.78 Å². The van der Waals surface area contributed by atoms with Crippen LogP contribution < -0.4 is 10.1 Å². The van der Waals surface area contributed by atoms with Crippen molar-refractivity contribution in [1.82, 2.24) is 25.0 Å². The molecule has 106 valence electrons. The van der Waals surface area contributed by atoms with E-state index in [1.165, 1.54) is 13.4 Å². The van der Waals surface area contributed by atoms with Crippen molar-refractivity contribution in [1.29, 1.82) is 0 Å². The van der Waals surface area contributed by atoms with E-state index >= 15 is 0 Å². The summed E-state index contributed by atoms with van der Waals surface area (Å²) in [6.45, 7) is 0. The van der Waals surface area contributed by atoms with Gasteiger partial charge in [-0.3, -0.25) is 10.1 Å². The van der Waals surface area contributed by atoms with Crippen LogP contribution in [0.25, 0.3) is 5.69 Å². The Kier molecular flexibility index (Phi) is 3.34. The second kappa shape index (κ2) is 5.45. The van der Waals surface area contributed by atoms with Crippen LogP contribution in [-0.2, 0) is 0 Å². The van der Waals surface area contributed by atoms with E-state index < -0.39 is 5.91 Å². The maximum atomic E-state index is 12.2. The zero-order chi connectivity index (χ0) is 14.7. The molecule has 8 nitrogen and oxygen atoms in total. The number of methoxy groups -OCH3 is 1. The molecule has 0 aliphatic carbocycles.